The first-order chi connectivity index (χ1) is 5.96. The first-order valence-electron chi connectivity index (χ1n) is 4.02. The van der Waals surface area contributed by atoms with Crippen LogP contribution in [0, 0.1) is 5.41 Å². The Hall–Kier alpha value is -1.23. The van der Waals surface area contributed by atoms with Crippen molar-refractivity contribution in [3.05, 3.63) is 11.4 Å². The Balaban J connectivity index is 3.02. The first-order valence-corrected chi connectivity index (χ1v) is 4.02. The molecule has 1 rings (SSSR count). The van der Waals surface area contributed by atoms with Gasteiger partial charge in [-0.1, -0.05) is 20.8 Å². The fourth-order valence-electron chi connectivity index (χ4n) is 0.900. The summed E-state index contributed by atoms with van der Waals surface area (Å²) in [5.41, 5.74) is 0.0378. The molecule has 2 N–H and O–H groups in total. The zero-order valence-corrected chi connectivity index (χ0v) is 7.96. The second-order valence-corrected chi connectivity index (χ2v) is 3.86. The van der Waals surface area contributed by atoms with E-state index < -0.39 is 5.41 Å². The van der Waals surface area contributed by atoms with Crippen LogP contribution in [0.1, 0.15) is 37.0 Å². The van der Waals surface area contributed by atoms with Crippen molar-refractivity contribution in [2.75, 3.05) is 0 Å². The summed E-state index contributed by atoms with van der Waals surface area (Å²) in [6, 6.07) is 0. The van der Waals surface area contributed by atoms with Gasteiger partial charge in [-0.15, -0.1) is 0 Å². The average Bonchev–Trinajstić information content (AvgIpc) is 2.48. The number of hydrogen-bond acceptors (Lipinski definition) is 4. The van der Waals surface area contributed by atoms with E-state index in [0.717, 1.165) is 0 Å². The van der Waals surface area contributed by atoms with Crippen molar-refractivity contribution in [1.82, 2.24) is 15.4 Å². The molecule has 0 spiro atoms. The van der Waals surface area contributed by atoms with Gasteiger partial charge in [0.2, 0.25) is 0 Å². The standard InChI is InChI=1S/C8H13N3O2/c1-8(2,3)7(13)6-5(4-12)9-11-10-6/h12H,4H2,1-3H3,(H,9,10,11). The molecule has 1 heterocycles. The summed E-state index contributed by atoms with van der Waals surface area (Å²) in [6.07, 6.45) is 0. The van der Waals surface area contributed by atoms with Crippen molar-refractivity contribution < 1.29 is 9.90 Å². The Kier molecular flexibility index (Phi) is 2.47. The van der Waals surface area contributed by atoms with Crippen LogP contribution >= 0.6 is 0 Å². The summed E-state index contributed by atoms with van der Waals surface area (Å²) < 4.78 is 0. The number of aromatic amines is 1. The third kappa shape index (κ3) is 1.92. The molecule has 1 aromatic rings. The van der Waals surface area contributed by atoms with Gasteiger partial charge in [-0.05, 0) is 0 Å². The van der Waals surface area contributed by atoms with E-state index in [1.54, 1.807) is 20.8 Å². The van der Waals surface area contributed by atoms with Crippen molar-refractivity contribution in [3.8, 4) is 0 Å². The van der Waals surface area contributed by atoms with E-state index in [9.17, 15) is 4.79 Å². The molecule has 1 aromatic heterocycles. The van der Waals surface area contributed by atoms with Gasteiger partial charge in [0.15, 0.2) is 11.5 Å². The van der Waals surface area contributed by atoms with E-state index in [-0.39, 0.29) is 18.1 Å². The molecule has 0 aliphatic heterocycles. The van der Waals surface area contributed by atoms with E-state index in [2.05, 4.69) is 15.4 Å². The number of aromatic nitrogens is 3. The number of rotatable bonds is 2. The fourth-order valence-corrected chi connectivity index (χ4v) is 0.900. The number of nitrogens with zero attached hydrogens (tertiary/aromatic N) is 2. The fraction of sp³-hybridized carbons (Fsp3) is 0.625. The third-order valence-electron chi connectivity index (χ3n) is 1.67. The van der Waals surface area contributed by atoms with E-state index >= 15 is 0 Å². The smallest absolute Gasteiger partial charge is 0.190 e. The van der Waals surface area contributed by atoms with Crippen molar-refractivity contribution in [1.29, 1.82) is 0 Å². The van der Waals surface area contributed by atoms with Crippen molar-refractivity contribution >= 4 is 5.78 Å². The van der Waals surface area contributed by atoms with Crippen molar-refractivity contribution in [2.24, 2.45) is 5.41 Å². The molecule has 0 aliphatic rings. The molecule has 5 nitrogen and oxygen atoms in total. The predicted molar refractivity (Wildman–Crippen MR) is 46.1 cm³/mol. The van der Waals surface area contributed by atoms with Gasteiger partial charge in [-0.25, -0.2) is 0 Å². The molecule has 0 unspecified atom stereocenters. The molecular formula is C8H13N3O2. The molecule has 72 valence electrons. The molecule has 0 bridgehead atoms. The number of aliphatic hydroxyl groups is 1. The van der Waals surface area contributed by atoms with Crippen molar-refractivity contribution in [3.63, 3.8) is 0 Å². The molecule has 0 saturated heterocycles. The highest BCUT2D eigenvalue weighted by molar-refractivity contribution is 5.98. The van der Waals surface area contributed by atoms with Gasteiger partial charge in [0.05, 0.1) is 6.61 Å². The predicted octanol–water partition coefficient (Wildman–Crippen LogP) is 0.526. The molecule has 0 radical (unpaired) electrons. The highest BCUT2D eigenvalue weighted by Crippen LogP contribution is 2.20. The maximum absolute atomic E-state index is 11.7. The molecule has 5 heteroatoms. The highest BCUT2D eigenvalue weighted by Gasteiger charge is 2.27. The molecule has 0 amide bonds. The zero-order valence-electron chi connectivity index (χ0n) is 7.96. The summed E-state index contributed by atoms with van der Waals surface area (Å²) in [5.74, 6) is -0.120. The van der Waals surface area contributed by atoms with Gasteiger partial charge in [0.25, 0.3) is 0 Å². The van der Waals surface area contributed by atoms with Crippen LogP contribution in [0.15, 0.2) is 0 Å². The minimum absolute atomic E-state index is 0.120. The van der Waals surface area contributed by atoms with Crippen LogP contribution in [0.4, 0.5) is 0 Å². The lowest BCUT2D eigenvalue weighted by molar-refractivity contribution is 0.0849. The topological polar surface area (TPSA) is 78.9 Å². The van der Waals surface area contributed by atoms with E-state index in [1.165, 1.54) is 0 Å². The normalized spacial score (nSPS) is 11.7. The van der Waals surface area contributed by atoms with Crippen LogP contribution in [0.2, 0.25) is 0 Å². The Morgan fingerprint density at radius 1 is 1.46 bits per heavy atom. The molecule has 13 heavy (non-hydrogen) atoms. The summed E-state index contributed by atoms with van der Waals surface area (Å²) in [5, 5.41) is 18.5. The average molecular weight is 183 g/mol. The summed E-state index contributed by atoms with van der Waals surface area (Å²) in [7, 11) is 0. The number of hydrogen-bond donors (Lipinski definition) is 2. The summed E-state index contributed by atoms with van der Waals surface area (Å²) in [6.45, 7) is 5.12. The molecule has 0 aliphatic carbocycles. The van der Waals surface area contributed by atoms with Crippen LogP contribution in [0.25, 0.3) is 0 Å². The Labute approximate surface area is 76.2 Å². The van der Waals surface area contributed by atoms with Gasteiger partial charge in [-0.2, -0.15) is 15.4 Å². The largest absolute Gasteiger partial charge is 0.390 e. The lowest BCUT2D eigenvalue weighted by Gasteiger charge is -2.14. The number of ketones is 1. The molecule has 0 atom stereocenters. The molecule has 0 aromatic carbocycles. The summed E-state index contributed by atoms with van der Waals surface area (Å²) in [4.78, 5) is 11.7. The monoisotopic (exact) mass is 183 g/mol. The van der Waals surface area contributed by atoms with Crippen LogP contribution in [0.5, 0.6) is 0 Å². The highest BCUT2D eigenvalue weighted by atomic mass is 16.3. The number of carbonyl (C=O) groups is 1. The van der Waals surface area contributed by atoms with Gasteiger partial charge in [0, 0.05) is 5.41 Å². The maximum Gasteiger partial charge on any atom is 0.190 e. The molecule has 0 fully saturated rings. The van der Waals surface area contributed by atoms with Crippen LogP contribution in [0.3, 0.4) is 0 Å². The first kappa shape index (κ1) is 9.85. The number of H-pyrrole nitrogens is 1. The second kappa shape index (κ2) is 3.26. The van der Waals surface area contributed by atoms with Crippen LogP contribution in [-0.2, 0) is 6.61 Å². The van der Waals surface area contributed by atoms with Gasteiger partial charge >= 0.3 is 0 Å². The lowest BCUT2D eigenvalue weighted by Crippen LogP contribution is -2.21. The number of carbonyl (C=O) groups excluding carboxylic acids is 1. The van der Waals surface area contributed by atoms with E-state index in [0.29, 0.717) is 5.69 Å². The Morgan fingerprint density at radius 3 is 2.54 bits per heavy atom. The van der Waals surface area contributed by atoms with Gasteiger partial charge < -0.3 is 5.11 Å². The van der Waals surface area contributed by atoms with Crippen LogP contribution in [-0.4, -0.2) is 26.3 Å². The minimum atomic E-state index is -0.499. The third-order valence-corrected chi connectivity index (χ3v) is 1.67. The Morgan fingerprint density at radius 2 is 2.08 bits per heavy atom. The molecular weight excluding hydrogens is 170 g/mol. The Bertz CT molecular complexity index is 311. The zero-order chi connectivity index (χ0) is 10.1. The van der Waals surface area contributed by atoms with Gasteiger partial charge in [0.1, 0.15) is 5.69 Å². The lowest BCUT2D eigenvalue weighted by atomic mass is 9.88. The SMILES string of the molecule is CC(C)(C)C(=O)c1n[nH]nc1CO. The van der Waals surface area contributed by atoms with E-state index in [4.69, 9.17) is 5.11 Å². The van der Waals surface area contributed by atoms with E-state index in [1.807, 2.05) is 0 Å². The van der Waals surface area contributed by atoms with Crippen molar-refractivity contribution in [2.45, 2.75) is 27.4 Å². The second-order valence-electron chi connectivity index (χ2n) is 3.86. The number of Topliss-reactive ketones (excluding diaryl/α,β-unsaturated/α-hetero) is 1. The molecule has 0 saturated carbocycles. The number of aliphatic hydroxyl groups excluding tert-OH is 1. The van der Waals surface area contributed by atoms with Crippen LogP contribution < -0.4 is 0 Å². The quantitative estimate of drug-likeness (QED) is 0.655. The summed E-state index contributed by atoms with van der Waals surface area (Å²) >= 11 is 0. The van der Waals surface area contributed by atoms with Gasteiger partial charge in [-0.3, -0.25) is 4.79 Å². The number of nitrogens with one attached hydrogen (secondary N) is 1. The maximum atomic E-state index is 11.7. The minimum Gasteiger partial charge on any atom is -0.390 e.